The van der Waals surface area contributed by atoms with Crippen molar-refractivity contribution in [3.05, 3.63) is 35.4 Å². The van der Waals surface area contributed by atoms with Gasteiger partial charge in [-0.2, -0.15) is 0 Å². The topological polar surface area (TPSA) is 43.8 Å². The summed E-state index contributed by atoms with van der Waals surface area (Å²) in [5.41, 5.74) is 1.61. The highest BCUT2D eigenvalue weighted by Crippen LogP contribution is 2.27. The minimum atomic E-state index is -0.434. The number of carbonyl (C=O) groups is 1. The lowest BCUT2D eigenvalue weighted by Crippen LogP contribution is -2.49. The number of rotatable bonds is 4. The number of carbonyl (C=O) groups excluding carboxylic acids is 1. The standard InChI is InChI=1S/C17H24N2O2/c1-2-16(20)13-3-5-14(6-4-13)17(21)19-11-9-18(10-12-19)15-7-8-15/h3-6,15-16,20H,2,7-12H2,1H3/t16-/m0/s1. The smallest absolute Gasteiger partial charge is 0.253 e. The number of piperazine rings is 1. The minimum absolute atomic E-state index is 0.114. The monoisotopic (exact) mass is 288 g/mol. The highest BCUT2D eigenvalue weighted by Gasteiger charge is 2.32. The molecule has 21 heavy (non-hydrogen) atoms. The van der Waals surface area contributed by atoms with Crippen molar-refractivity contribution >= 4 is 5.91 Å². The second-order valence-corrected chi connectivity index (χ2v) is 6.11. The third-order valence-electron chi connectivity index (χ3n) is 4.59. The van der Waals surface area contributed by atoms with Crippen molar-refractivity contribution in [2.75, 3.05) is 26.2 Å². The highest BCUT2D eigenvalue weighted by molar-refractivity contribution is 5.94. The van der Waals surface area contributed by atoms with E-state index in [1.54, 1.807) is 0 Å². The number of nitrogens with zero attached hydrogens (tertiary/aromatic N) is 2. The van der Waals surface area contributed by atoms with Crippen LogP contribution in [0.4, 0.5) is 0 Å². The summed E-state index contributed by atoms with van der Waals surface area (Å²) in [6.07, 6.45) is 2.91. The number of benzene rings is 1. The summed E-state index contributed by atoms with van der Waals surface area (Å²) in [6.45, 7) is 5.61. The van der Waals surface area contributed by atoms with E-state index >= 15 is 0 Å². The predicted octanol–water partition coefficient (Wildman–Crippen LogP) is 2.05. The zero-order chi connectivity index (χ0) is 14.8. The second kappa shape index (κ2) is 6.16. The molecular weight excluding hydrogens is 264 g/mol. The highest BCUT2D eigenvalue weighted by atomic mass is 16.3. The van der Waals surface area contributed by atoms with Gasteiger partial charge in [0.15, 0.2) is 0 Å². The van der Waals surface area contributed by atoms with Crippen molar-refractivity contribution in [1.82, 2.24) is 9.80 Å². The van der Waals surface area contributed by atoms with Crippen molar-refractivity contribution < 1.29 is 9.90 Å². The lowest BCUT2D eigenvalue weighted by atomic mass is 10.0. The van der Waals surface area contributed by atoms with E-state index < -0.39 is 6.10 Å². The quantitative estimate of drug-likeness (QED) is 0.922. The Hall–Kier alpha value is -1.39. The van der Waals surface area contributed by atoms with E-state index in [-0.39, 0.29) is 5.91 Å². The molecule has 1 atom stereocenters. The minimum Gasteiger partial charge on any atom is -0.388 e. The molecule has 114 valence electrons. The zero-order valence-electron chi connectivity index (χ0n) is 12.7. The van der Waals surface area contributed by atoms with E-state index in [9.17, 15) is 9.90 Å². The fraction of sp³-hybridized carbons (Fsp3) is 0.588. The summed E-state index contributed by atoms with van der Waals surface area (Å²) in [4.78, 5) is 16.9. The molecule has 0 radical (unpaired) electrons. The number of amides is 1. The fourth-order valence-electron chi connectivity index (χ4n) is 3.00. The molecule has 2 fully saturated rings. The fourth-order valence-corrected chi connectivity index (χ4v) is 3.00. The summed E-state index contributed by atoms with van der Waals surface area (Å²) in [6, 6.07) is 8.19. The van der Waals surface area contributed by atoms with Gasteiger partial charge >= 0.3 is 0 Å². The van der Waals surface area contributed by atoms with Crippen molar-refractivity contribution in [2.45, 2.75) is 38.3 Å². The van der Waals surface area contributed by atoms with Crippen LogP contribution in [0.15, 0.2) is 24.3 Å². The van der Waals surface area contributed by atoms with Crippen LogP contribution in [0.1, 0.15) is 48.2 Å². The second-order valence-electron chi connectivity index (χ2n) is 6.11. The van der Waals surface area contributed by atoms with Crippen LogP contribution >= 0.6 is 0 Å². The van der Waals surface area contributed by atoms with Crippen LogP contribution in [-0.4, -0.2) is 53.0 Å². The first-order chi connectivity index (χ1) is 10.2. The van der Waals surface area contributed by atoms with Gasteiger partial charge < -0.3 is 10.0 Å². The number of hydrogen-bond acceptors (Lipinski definition) is 3. The van der Waals surface area contributed by atoms with Gasteiger partial charge in [-0.15, -0.1) is 0 Å². The molecule has 0 unspecified atom stereocenters. The Kier molecular flexibility index (Phi) is 4.27. The molecule has 1 aromatic carbocycles. The SMILES string of the molecule is CC[C@H](O)c1ccc(C(=O)N2CCN(C3CC3)CC2)cc1. The van der Waals surface area contributed by atoms with Gasteiger partial charge in [-0.1, -0.05) is 19.1 Å². The van der Waals surface area contributed by atoms with E-state index in [0.717, 1.165) is 43.3 Å². The molecule has 0 bridgehead atoms. The normalized spacial score (nSPS) is 21.3. The maximum absolute atomic E-state index is 12.5. The van der Waals surface area contributed by atoms with Gasteiger partial charge in [-0.3, -0.25) is 9.69 Å². The zero-order valence-corrected chi connectivity index (χ0v) is 12.7. The molecule has 0 spiro atoms. The summed E-state index contributed by atoms with van der Waals surface area (Å²) in [7, 11) is 0. The Balaban J connectivity index is 1.59. The third-order valence-corrected chi connectivity index (χ3v) is 4.59. The molecule has 1 aliphatic heterocycles. The molecule has 1 aliphatic carbocycles. The first kappa shape index (κ1) is 14.5. The lowest BCUT2D eigenvalue weighted by molar-refractivity contribution is 0.0627. The van der Waals surface area contributed by atoms with Gasteiger partial charge in [0, 0.05) is 37.8 Å². The maximum atomic E-state index is 12.5. The predicted molar refractivity (Wildman–Crippen MR) is 82.2 cm³/mol. The van der Waals surface area contributed by atoms with E-state index in [2.05, 4.69) is 4.90 Å². The summed E-state index contributed by atoms with van der Waals surface area (Å²) in [5, 5.41) is 9.79. The molecule has 1 N–H and O–H groups in total. The molecule has 1 saturated heterocycles. The molecule has 4 nitrogen and oxygen atoms in total. The summed E-state index contributed by atoms with van der Waals surface area (Å²) < 4.78 is 0. The Morgan fingerprint density at radius 3 is 2.33 bits per heavy atom. The van der Waals surface area contributed by atoms with Crippen LogP contribution in [0.3, 0.4) is 0 Å². The van der Waals surface area contributed by atoms with Crippen LogP contribution in [-0.2, 0) is 0 Å². The van der Waals surface area contributed by atoms with Gasteiger partial charge in [-0.05, 0) is 37.0 Å². The third kappa shape index (κ3) is 3.27. The van der Waals surface area contributed by atoms with Gasteiger partial charge in [0.1, 0.15) is 0 Å². The number of hydrogen-bond donors (Lipinski definition) is 1. The van der Waals surface area contributed by atoms with Crippen molar-refractivity contribution in [1.29, 1.82) is 0 Å². The first-order valence-corrected chi connectivity index (χ1v) is 8.00. The Morgan fingerprint density at radius 2 is 1.81 bits per heavy atom. The maximum Gasteiger partial charge on any atom is 0.253 e. The largest absolute Gasteiger partial charge is 0.388 e. The lowest BCUT2D eigenvalue weighted by Gasteiger charge is -2.34. The van der Waals surface area contributed by atoms with Crippen LogP contribution in [0.25, 0.3) is 0 Å². The average molecular weight is 288 g/mol. The van der Waals surface area contributed by atoms with E-state index in [4.69, 9.17) is 0 Å². The van der Waals surface area contributed by atoms with E-state index in [1.165, 1.54) is 12.8 Å². The average Bonchev–Trinajstić information content (AvgIpc) is 3.39. The molecule has 1 saturated carbocycles. The molecule has 1 aromatic rings. The molecule has 3 rings (SSSR count). The van der Waals surface area contributed by atoms with Crippen LogP contribution in [0.5, 0.6) is 0 Å². The van der Waals surface area contributed by atoms with Gasteiger partial charge in [0.2, 0.25) is 0 Å². The Morgan fingerprint density at radius 1 is 1.19 bits per heavy atom. The van der Waals surface area contributed by atoms with Crippen molar-refractivity contribution in [2.24, 2.45) is 0 Å². The first-order valence-electron chi connectivity index (χ1n) is 8.00. The van der Waals surface area contributed by atoms with E-state index in [1.807, 2.05) is 36.1 Å². The summed E-state index contributed by atoms with van der Waals surface area (Å²) >= 11 is 0. The Bertz CT molecular complexity index is 488. The van der Waals surface area contributed by atoms with Gasteiger partial charge in [0.05, 0.1) is 6.10 Å². The molecule has 2 aliphatic rings. The number of aliphatic hydroxyl groups is 1. The molecule has 0 aromatic heterocycles. The van der Waals surface area contributed by atoms with Crippen LogP contribution < -0.4 is 0 Å². The van der Waals surface area contributed by atoms with Crippen molar-refractivity contribution in [3.8, 4) is 0 Å². The van der Waals surface area contributed by atoms with Crippen LogP contribution in [0, 0.1) is 0 Å². The van der Waals surface area contributed by atoms with Gasteiger partial charge in [0.25, 0.3) is 5.91 Å². The van der Waals surface area contributed by atoms with E-state index in [0.29, 0.717) is 6.42 Å². The molecule has 1 amide bonds. The van der Waals surface area contributed by atoms with Crippen molar-refractivity contribution in [3.63, 3.8) is 0 Å². The Labute approximate surface area is 126 Å². The van der Waals surface area contributed by atoms with Crippen LogP contribution in [0.2, 0.25) is 0 Å². The summed E-state index contributed by atoms with van der Waals surface area (Å²) in [5.74, 6) is 0.114. The van der Waals surface area contributed by atoms with Gasteiger partial charge in [-0.25, -0.2) is 0 Å². The number of aliphatic hydroxyl groups excluding tert-OH is 1. The molecule has 4 heteroatoms. The molecule has 1 heterocycles. The molecular formula is C17H24N2O2.